The van der Waals surface area contributed by atoms with Gasteiger partial charge in [-0.25, -0.2) is 14.2 Å². The molecule has 1 saturated heterocycles. The number of aromatic nitrogens is 1. The average molecular weight is 406 g/mol. The number of hydrogen-bond donors (Lipinski definition) is 1. The van der Waals surface area contributed by atoms with Crippen LogP contribution in [0.25, 0.3) is 0 Å². The van der Waals surface area contributed by atoms with Crippen LogP contribution in [0.15, 0.2) is 36.5 Å². The van der Waals surface area contributed by atoms with Crippen LogP contribution in [0.5, 0.6) is 0 Å². The molecule has 0 spiro atoms. The highest BCUT2D eigenvalue weighted by molar-refractivity contribution is 6.31. The Hall–Kier alpha value is -2.67. The zero-order chi connectivity index (χ0) is 20.1. The number of nitrogens with one attached hydrogen (secondary N) is 1. The summed E-state index contributed by atoms with van der Waals surface area (Å²) in [6.07, 6.45) is 2.86. The summed E-state index contributed by atoms with van der Waals surface area (Å²) in [5.74, 6) is -0.673. The molecule has 148 valence electrons. The van der Waals surface area contributed by atoms with Crippen molar-refractivity contribution >= 4 is 35.0 Å². The van der Waals surface area contributed by atoms with E-state index in [-0.39, 0.29) is 16.8 Å². The van der Waals surface area contributed by atoms with Gasteiger partial charge in [-0.2, -0.15) is 0 Å². The van der Waals surface area contributed by atoms with Crippen LogP contribution < -0.4 is 10.2 Å². The molecule has 2 heterocycles. The average Bonchev–Trinajstić information content (AvgIpc) is 2.71. The smallest absolute Gasteiger partial charge is 0.341 e. The Labute approximate surface area is 167 Å². The summed E-state index contributed by atoms with van der Waals surface area (Å²) in [7, 11) is 0. The molecule has 6 nitrogen and oxygen atoms in total. The molecular weight excluding hydrogens is 385 g/mol. The molecule has 0 saturated carbocycles. The van der Waals surface area contributed by atoms with Crippen molar-refractivity contribution in [1.82, 2.24) is 4.98 Å². The molecule has 0 radical (unpaired) electrons. The molecule has 1 aromatic carbocycles. The van der Waals surface area contributed by atoms with Crippen LogP contribution in [-0.2, 0) is 9.53 Å². The lowest BCUT2D eigenvalue weighted by Crippen LogP contribution is -2.39. The molecule has 1 aromatic heterocycles. The van der Waals surface area contributed by atoms with E-state index in [2.05, 4.69) is 10.3 Å². The zero-order valence-corrected chi connectivity index (χ0v) is 16.2. The second-order valence-electron chi connectivity index (χ2n) is 6.47. The Kier molecular flexibility index (Phi) is 6.46. The second kappa shape index (κ2) is 9.01. The minimum absolute atomic E-state index is 0.0331. The lowest BCUT2D eigenvalue weighted by atomic mass is 9.95. The van der Waals surface area contributed by atoms with E-state index in [0.717, 1.165) is 0 Å². The van der Waals surface area contributed by atoms with E-state index in [0.29, 0.717) is 49.6 Å². The number of carbonyl (C=O) groups excluding carboxylic acids is 2. The van der Waals surface area contributed by atoms with Crippen molar-refractivity contribution in [1.29, 1.82) is 0 Å². The summed E-state index contributed by atoms with van der Waals surface area (Å²) in [5.41, 5.74) is 0.890. The molecule has 1 N–H and O–H groups in total. The second-order valence-corrected chi connectivity index (χ2v) is 6.88. The van der Waals surface area contributed by atoms with Gasteiger partial charge in [-0.1, -0.05) is 11.6 Å². The molecule has 0 unspecified atom stereocenters. The number of rotatable bonds is 5. The van der Waals surface area contributed by atoms with Crippen LogP contribution in [0.4, 0.5) is 15.9 Å². The summed E-state index contributed by atoms with van der Waals surface area (Å²) >= 11 is 5.76. The summed E-state index contributed by atoms with van der Waals surface area (Å²) in [5, 5.41) is 2.75. The highest BCUT2D eigenvalue weighted by atomic mass is 35.5. The van der Waals surface area contributed by atoms with Crippen molar-refractivity contribution in [3.63, 3.8) is 0 Å². The number of hydrogen-bond acceptors (Lipinski definition) is 5. The van der Waals surface area contributed by atoms with Gasteiger partial charge in [-0.15, -0.1) is 0 Å². The van der Waals surface area contributed by atoms with E-state index in [9.17, 15) is 14.0 Å². The fourth-order valence-electron chi connectivity index (χ4n) is 3.19. The molecule has 28 heavy (non-hydrogen) atoms. The van der Waals surface area contributed by atoms with Gasteiger partial charge in [0.1, 0.15) is 17.2 Å². The number of benzene rings is 1. The highest BCUT2D eigenvalue weighted by Gasteiger charge is 2.28. The number of amides is 1. The number of carbonyl (C=O) groups is 2. The number of nitrogens with zero attached hydrogens (tertiary/aromatic N) is 2. The van der Waals surface area contributed by atoms with Crippen molar-refractivity contribution in [2.75, 3.05) is 29.9 Å². The lowest BCUT2D eigenvalue weighted by molar-refractivity contribution is -0.120. The van der Waals surface area contributed by atoms with Gasteiger partial charge in [0.2, 0.25) is 5.91 Å². The minimum Gasteiger partial charge on any atom is -0.462 e. The van der Waals surface area contributed by atoms with Gasteiger partial charge >= 0.3 is 5.97 Å². The Bertz CT molecular complexity index is 870. The quantitative estimate of drug-likeness (QED) is 0.764. The van der Waals surface area contributed by atoms with Crippen molar-refractivity contribution in [3.8, 4) is 0 Å². The molecule has 1 fully saturated rings. The first kappa shape index (κ1) is 20.1. The van der Waals surface area contributed by atoms with Gasteiger partial charge < -0.3 is 15.0 Å². The molecule has 2 aromatic rings. The largest absolute Gasteiger partial charge is 0.462 e. The third kappa shape index (κ3) is 4.59. The Morgan fingerprint density at radius 1 is 1.32 bits per heavy atom. The molecule has 0 atom stereocenters. The van der Waals surface area contributed by atoms with E-state index in [1.54, 1.807) is 25.3 Å². The first-order valence-corrected chi connectivity index (χ1v) is 9.50. The lowest BCUT2D eigenvalue weighted by Gasteiger charge is -2.32. The number of piperidine rings is 1. The normalized spacial score (nSPS) is 14.6. The third-order valence-electron chi connectivity index (χ3n) is 4.63. The summed E-state index contributed by atoms with van der Waals surface area (Å²) < 4.78 is 18.3. The van der Waals surface area contributed by atoms with Crippen LogP contribution in [0.2, 0.25) is 5.02 Å². The summed E-state index contributed by atoms with van der Waals surface area (Å²) in [6.45, 7) is 3.23. The molecule has 0 aliphatic carbocycles. The van der Waals surface area contributed by atoms with Crippen molar-refractivity contribution < 1.29 is 18.7 Å². The van der Waals surface area contributed by atoms with Gasteiger partial charge in [0.05, 0.1) is 11.6 Å². The first-order chi connectivity index (χ1) is 13.5. The monoisotopic (exact) mass is 405 g/mol. The van der Waals surface area contributed by atoms with E-state index in [1.165, 1.54) is 18.2 Å². The van der Waals surface area contributed by atoms with Crippen molar-refractivity contribution in [3.05, 3.63) is 52.9 Å². The number of pyridine rings is 1. The predicted molar refractivity (Wildman–Crippen MR) is 105 cm³/mol. The maximum atomic E-state index is 13.2. The number of halogens is 2. The predicted octanol–water partition coefficient (Wildman–Crippen LogP) is 3.91. The number of ether oxygens (including phenoxy) is 1. The van der Waals surface area contributed by atoms with Crippen LogP contribution in [0.3, 0.4) is 0 Å². The molecule has 1 amide bonds. The van der Waals surface area contributed by atoms with Gasteiger partial charge in [0.25, 0.3) is 0 Å². The summed E-state index contributed by atoms with van der Waals surface area (Å²) in [6, 6.07) is 7.48. The van der Waals surface area contributed by atoms with E-state index < -0.39 is 11.8 Å². The Balaban J connectivity index is 1.62. The number of esters is 1. The van der Waals surface area contributed by atoms with Crippen LogP contribution in [-0.4, -0.2) is 36.6 Å². The molecule has 0 bridgehead atoms. The van der Waals surface area contributed by atoms with E-state index in [4.69, 9.17) is 16.3 Å². The first-order valence-electron chi connectivity index (χ1n) is 9.12. The maximum Gasteiger partial charge on any atom is 0.341 e. The van der Waals surface area contributed by atoms with Gasteiger partial charge in [-0.3, -0.25) is 4.79 Å². The van der Waals surface area contributed by atoms with Crippen LogP contribution in [0, 0.1) is 11.7 Å². The SMILES string of the molecule is CCOC(=O)c1cccnc1N1CCC(C(=O)Nc2ccc(F)c(Cl)c2)CC1. The molecule has 1 aliphatic heterocycles. The molecule has 1 aliphatic rings. The van der Waals surface area contributed by atoms with Crippen molar-refractivity contribution in [2.24, 2.45) is 5.92 Å². The summed E-state index contributed by atoms with van der Waals surface area (Å²) in [4.78, 5) is 31.0. The molecule has 3 rings (SSSR count). The number of anilines is 2. The van der Waals surface area contributed by atoms with Crippen LogP contribution in [0.1, 0.15) is 30.1 Å². The highest BCUT2D eigenvalue weighted by Crippen LogP contribution is 2.26. The zero-order valence-electron chi connectivity index (χ0n) is 15.5. The topological polar surface area (TPSA) is 71.5 Å². The van der Waals surface area contributed by atoms with Gasteiger partial charge in [0, 0.05) is 30.9 Å². The van der Waals surface area contributed by atoms with Crippen LogP contribution >= 0.6 is 11.6 Å². The van der Waals surface area contributed by atoms with Gasteiger partial charge in [-0.05, 0) is 50.1 Å². The standard InChI is InChI=1S/C20H21ClFN3O3/c1-2-28-20(27)15-4-3-9-23-18(15)25-10-7-13(8-11-25)19(26)24-14-5-6-17(22)16(21)12-14/h3-6,9,12-13H,2,7-8,10-11H2,1H3,(H,24,26). The molecule has 8 heteroatoms. The minimum atomic E-state index is -0.527. The van der Waals surface area contributed by atoms with E-state index >= 15 is 0 Å². The molecular formula is C20H21ClFN3O3. The fourth-order valence-corrected chi connectivity index (χ4v) is 3.37. The Morgan fingerprint density at radius 3 is 2.75 bits per heavy atom. The third-order valence-corrected chi connectivity index (χ3v) is 4.92. The van der Waals surface area contributed by atoms with E-state index in [1.807, 2.05) is 4.90 Å². The Morgan fingerprint density at radius 2 is 2.07 bits per heavy atom. The van der Waals surface area contributed by atoms with Crippen molar-refractivity contribution in [2.45, 2.75) is 19.8 Å². The van der Waals surface area contributed by atoms with Gasteiger partial charge in [0.15, 0.2) is 0 Å². The fraction of sp³-hybridized carbons (Fsp3) is 0.350. The maximum absolute atomic E-state index is 13.2.